The first-order chi connectivity index (χ1) is 22.8. The molecule has 0 unspecified atom stereocenters. The maximum atomic E-state index is 12.3. The predicted molar refractivity (Wildman–Crippen MR) is 184 cm³/mol. The van der Waals surface area contributed by atoms with Crippen molar-refractivity contribution >= 4 is 45.2 Å². The van der Waals surface area contributed by atoms with Gasteiger partial charge in [-0.1, -0.05) is 90.6 Å². The van der Waals surface area contributed by atoms with Crippen molar-refractivity contribution in [3.63, 3.8) is 0 Å². The summed E-state index contributed by atoms with van der Waals surface area (Å²) in [5, 5.41) is 12.3. The molecule has 2 N–H and O–H groups in total. The Kier molecular flexibility index (Phi) is 10.6. The average Bonchev–Trinajstić information content (AvgIpc) is 3.53. The van der Waals surface area contributed by atoms with E-state index >= 15 is 0 Å². The van der Waals surface area contributed by atoms with E-state index in [1.54, 1.807) is 30.0 Å². The van der Waals surface area contributed by atoms with Gasteiger partial charge in [0.05, 0.1) is 29.0 Å². The van der Waals surface area contributed by atoms with Crippen molar-refractivity contribution < 1.29 is 28.9 Å². The van der Waals surface area contributed by atoms with Gasteiger partial charge in [0.1, 0.15) is 0 Å². The summed E-state index contributed by atoms with van der Waals surface area (Å²) in [7, 11) is 0. The van der Waals surface area contributed by atoms with E-state index in [0.29, 0.717) is 13.0 Å². The number of carbonyl (C=O) groups is 2. The van der Waals surface area contributed by atoms with Gasteiger partial charge in [0.2, 0.25) is 0 Å². The minimum atomic E-state index is -0.849. The molecule has 5 aromatic rings. The van der Waals surface area contributed by atoms with Crippen LogP contribution in [0.4, 0.5) is 0 Å². The molecular weight excluding hydrogens is 633 g/mol. The molecule has 2 heterocycles. The van der Waals surface area contributed by atoms with Gasteiger partial charge in [0.25, 0.3) is 5.91 Å². The maximum absolute atomic E-state index is 12.3. The second kappa shape index (κ2) is 15.2. The Morgan fingerprint density at radius 3 is 2.47 bits per heavy atom. The predicted octanol–water partition coefficient (Wildman–Crippen LogP) is 7.36. The van der Waals surface area contributed by atoms with Crippen molar-refractivity contribution in [2.75, 3.05) is 5.75 Å². The first-order valence-corrected chi connectivity index (χ1v) is 17.3. The third-order valence-electron chi connectivity index (χ3n) is 7.90. The summed E-state index contributed by atoms with van der Waals surface area (Å²) in [4.78, 5) is 28.2. The van der Waals surface area contributed by atoms with Crippen LogP contribution in [0.25, 0.3) is 21.3 Å². The number of hydrogen-bond acceptors (Lipinski definition) is 9. The van der Waals surface area contributed by atoms with Crippen molar-refractivity contribution in [1.29, 1.82) is 0 Å². The molecule has 0 saturated carbocycles. The average molecular weight is 669 g/mol. The molecule has 0 bridgehead atoms. The Morgan fingerprint density at radius 1 is 0.957 bits per heavy atom. The molecule has 0 aliphatic carbocycles. The van der Waals surface area contributed by atoms with E-state index in [1.165, 1.54) is 11.6 Å². The molecule has 1 amide bonds. The molecule has 1 aromatic heterocycles. The molecule has 1 fully saturated rings. The highest BCUT2D eigenvalue weighted by Crippen LogP contribution is 2.40. The fraction of sp³-hybridized carbons (Fsp3) is 0.270. The topological polar surface area (TPSA) is 107 Å². The van der Waals surface area contributed by atoms with Crippen molar-refractivity contribution in [2.24, 2.45) is 0 Å². The van der Waals surface area contributed by atoms with Crippen molar-refractivity contribution in [2.45, 2.75) is 62.4 Å². The van der Waals surface area contributed by atoms with Crippen LogP contribution in [-0.4, -0.2) is 39.9 Å². The summed E-state index contributed by atoms with van der Waals surface area (Å²) in [6.45, 7) is 3.15. The van der Waals surface area contributed by atoms with Crippen molar-refractivity contribution in [3.8, 4) is 11.1 Å². The number of amides is 1. The number of nitrogens with zero attached hydrogens (tertiary/aromatic N) is 1. The highest BCUT2D eigenvalue weighted by atomic mass is 32.2. The number of ether oxygens (including phenoxy) is 3. The van der Waals surface area contributed by atoms with Crippen LogP contribution in [0.1, 0.15) is 54.9 Å². The molecule has 242 valence electrons. The van der Waals surface area contributed by atoms with Crippen LogP contribution in [0.15, 0.2) is 101 Å². The third kappa shape index (κ3) is 8.46. The number of aromatic nitrogens is 1. The number of para-hydroxylation sites is 1. The number of esters is 1. The number of rotatable bonds is 11. The van der Waals surface area contributed by atoms with Crippen LogP contribution >= 0.6 is 23.1 Å². The minimum absolute atomic E-state index is 0.00183. The second-order valence-corrected chi connectivity index (χ2v) is 13.7. The Labute approximate surface area is 282 Å². The SMILES string of the molecule is CC(=O)O[C@@H](C)C(=O)NCc1cccc(-c2ccc([C@H]3O[C@@H](CSc4nc5ccccc5s4)C[C@@H](c4ccc(CO)cc4)O3)cc2)c1. The van der Waals surface area contributed by atoms with E-state index in [4.69, 9.17) is 19.2 Å². The Balaban J connectivity index is 1.15. The Morgan fingerprint density at radius 2 is 1.72 bits per heavy atom. The number of hydrogen-bond donors (Lipinski definition) is 2. The number of benzene rings is 4. The molecule has 1 saturated heterocycles. The van der Waals surface area contributed by atoms with Gasteiger partial charge in [0, 0.05) is 31.2 Å². The van der Waals surface area contributed by atoms with Crippen LogP contribution in [-0.2, 0) is 37.0 Å². The van der Waals surface area contributed by atoms with Crippen LogP contribution in [0, 0.1) is 0 Å². The highest BCUT2D eigenvalue weighted by molar-refractivity contribution is 8.01. The van der Waals surface area contributed by atoms with Gasteiger partial charge in [-0.2, -0.15) is 0 Å². The van der Waals surface area contributed by atoms with E-state index in [2.05, 4.69) is 11.4 Å². The summed E-state index contributed by atoms with van der Waals surface area (Å²) in [5.41, 5.74) is 6.80. The molecule has 0 spiro atoms. The summed E-state index contributed by atoms with van der Waals surface area (Å²) < 4.78 is 20.3. The van der Waals surface area contributed by atoms with Crippen LogP contribution in [0.2, 0.25) is 0 Å². The van der Waals surface area contributed by atoms with Gasteiger partial charge in [0.15, 0.2) is 16.7 Å². The number of carbonyl (C=O) groups excluding carboxylic acids is 2. The normalized spacial score (nSPS) is 18.5. The molecule has 6 rings (SSSR count). The van der Waals surface area contributed by atoms with Gasteiger partial charge >= 0.3 is 5.97 Å². The zero-order chi connectivity index (χ0) is 32.8. The summed E-state index contributed by atoms with van der Waals surface area (Å²) >= 11 is 3.40. The fourth-order valence-corrected chi connectivity index (χ4v) is 7.54. The lowest BCUT2D eigenvalue weighted by atomic mass is 9.99. The summed E-state index contributed by atoms with van der Waals surface area (Å²) in [6, 6.07) is 32.2. The van der Waals surface area contributed by atoms with E-state index < -0.39 is 18.4 Å². The van der Waals surface area contributed by atoms with E-state index in [1.807, 2.05) is 91.0 Å². The quantitative estimate of drug-likeness (QED) is 0.111. The number of thioether (sulfide) groups is 1. The van der Waals surface area contributed by atoms with Gasteiger partial charge in [-0.05, 0) is 52.9 Å². The molecule has 1 aliphatic heterocycles. The number of fused-ring (bicyclic) bond motifs is 1. The minimum Gasteiger partial charge on any atom is -0.453 e. The first-order valence-electron chi connectivity index (χ1n) is 15.5. The Bertz CT molecular complexity index is 1790. The standard InChI is InChI=1S/C37H36N2O6S2/c1-23(43-24(2)41)35(42)38-20-26-6-5-7-30(18-26)27-14-16-29(17-15-27)36-44-31(19-33(45-36)28-12-10-25(21-40)11-13-28)22-46-37-39-32-8-3-4-9-34(32)47-37/h3-18,23,31,33,36,40H,19-22H2,1-2H3,(H,38,42)/t23-,31+,33-,36-/m0/s1. The van der Waals surface area contributed by atoms with Crippen LogP contribution < -0.4 is 5.32 Å². The van der Waals surface area contributed by atoms with Gasteiger partial charge < -0.3 is 24.6 Å². The number of nitrogens with one attached hydrogen (secondary N) is 1. The second-order valence-electron chi connectivity index (χ2n) is 11.4. The number of aliphatic hydroxyl groups excluding tert-OH is 1. The lowest BCUT2D eigenvalue weighted by molar-refractivity contribution is -0.245. The maximum Gasteiger partial charge on any atom is 0.303 e. The Hall–Kier alpha value is -4.06. The van der Waals surface area contributed by atoms with Crippen LogP contribution in [0.3, 0.4) is 0 Å². The van der Waals surface area contributed by atoms with Crippen LogP contribution in [0.5, 0.6) is 0 Å². The van der Waals surface area contributed by atoms with E-state index in [-0.39, 0.29) is 24.7 Å². The van der Waals surface area contributed by atoms with Gasteiger partial charge in [-0.25, -0.2) is 4.98 Å². The molecule has 4 atom stereocenters. The van der Waals surface area contributed by atoms with Crippen molar-refractivity contribution in [3.05, 3.63) is 119 Å². The zero-order valence-electron chi connectivity index (χ0n) is 26.1. The van der Waals surface area contributed by atoms with Crippen molar-refractivity contribution in [1.82, 2.24) is 10.3 Å². The fourth-order valence-electron chi connectivity index (χ4n) is 5.43. The number of thiazole rings is 1. The van der Waals surface area contributed by atoms with E-state index in [9.17, 15) is 14.7 Å². The summed E-state index contributed by atoms with van der Waals surface area (Å²) in [5.74, 6) is -0.0958. The monoisotopic (exact) mass is 668 g/mol. The summed E-state index contributed by atoms with van der Waals surface area (Å²) in [6.07, 6.45) is -0.936. The zero-order valence-corrected chi connectivity index (χ0v) is 27.8. The molecule has 1 aliphatic rings. The van der Waals surface area contributed by atoms with Gasteiger partial charge in [-0.3, -0.25) is 9.59 Å². The third-order valence-corrected chi connectivity index (χ3v) is 10.2. The number of aliphatic hydroxyl groups is 1. The smallest absolute Gasteiger partial charge is 0.303 e. The largest absolute Gasteiger partial charge is 0.453 e. The highest BCUT2D eigenvalue weighted by Gasteiger charge is 2.32. The first kappa shape index (κ1) is 32.9. The molecule has 8 nitrogen and oxygen atoms in total. The molecule has 0 radical (unpaired) electrons. The lowest BCUT2D eigenvalue weighted by Gasteiger charge is -2.36. The molecule has 47 heavy (non-hydrogen) atoms. The molecular formula is C37H36N2O6S2. The van der Waals surface area contributed by atoms with Gasteiger partial charge in [-0.15, -0.1) is 11.3 Å². The molecule has 10 heteroatoms. The van der Waals surface area contributed by atoms with E-state index in [0.717, 1.165) is 49.0 Å². The lowest BCUT2D eigenvalue weighted by Crippen LogP contribution is -2.35. The molecule has 4 aromatic carbocycles.